The highest BCUT2D eigenvalue weighted by Gasteiger charge is 2.53. The summed E-state index contributed by atoms with van der Waals surface area (Å²) in [5.41, 5.74) is -0.0624. The molecule has 0 bridgehead atoms. The zero-order valence-corrected chi connectivity index (χ0v) is 14.7. The molecule has 2 aromatic rings. The van der Waals surface area contributed by atoms with Gasteiger partial charge in [0.2, 0.25) is 0 Å². The van der Waals surface area contributed by atoms with Gasteiger partial charge in [0, 0.05) is 19.8 Å². The Balaban J connectivity index is 1.97. The molecule has 0 saturated heterocycles. The van der Waals surface area contributed by atoms with Crippen molar-refractivity contribution < 1.29 is 23.1 Å². The normalized spacial score (nSPS) is 18.4. The first-order valence-electron chi connectivity index (χ1n) is 8.20. The van der Waals surface area contributed by atoms with Crippen LogP contribution in [0, 0.1) is 5.92 Å². The van der Waals surface area contributed by atoms with Crippen LogP contribution in [0.15, 0.2) is 59.7 Å². The number of carbonyl (C=O) groups is 1. The lowest BCUT2D eigenvalue weighted by molar-refractivity contribution is -0.123. The van der Waals surface area contributed by atoms with Crippen molar-refractivity contribution in [1.82, 2.24) is 0 Å². The molecule has 0 aromatic heterocycles. The summed E-state index contributed by atoms with van der Waals surface area (Å²) >= 11 is 0. The SMILES string of the molecule is CN(C)c1ccc([C@H](O)[C@H]2C(=O)N(c3ccccc3)N=C2C(F)(F)F)cc1. The van der Waals surface area contributed by atoms with Crippen LogP contribution in [0.25, 0.3) is 0 Å². The largest absolute Gasteiger partial charge is 0.432 e. The highest BCUT2D eigenvalue weighted by Crippen LogP contribution is 2.38. The van der Waals surface area contributed by atoms with Crippen LogP contribution in [-0.2, 0) is 4.79 Å². The van der Waals surface area contributed by atoms with Crippen LogP contribution in [0.1, 0.15) is 11.7 Å². The van der Waals surface area contributed by atoms with E-state index in [9.17, 15) is 23.1 Å². The number of aliphatic hydroxyl groups excluding tert-OH is 1. The van der Waals surface area contributed by atoms with E-state index in [2.05, 4.69) is 5.10 Å². The third-order valence-corrected chi connectivity index (χ3v) is 4.34. The Labute approximate surface area is 154 Å². The van der Waals surface area contributed by atoms with Crippen molar-refractivity contribution in [2.45, 2.75) is 12.3 Å². The molecule has 0 spiro atoms. The maximum absolute atomic E-state index is 13.5. The van der Waals surface area contributed by atoms with Gasteiger partial charge in [-0.25, -0.2) is 0 Å². The van der Waals surface area contributed by atoms with E-state index in [1.54, 1.807) is 30.3 Å². The predicted octanol–water partition coefficient (Wildman–Crippen LogP) is 3.37. The molecule has 2 atom stereocenters. The molecule has 0 radical (unpaired) electrons. The summed E-state index contributed by atoms with van der Waals surface area (Å²) in [7, 11) is 3.64. The Kier molecular flexibility index (Phi) is 4.93. The molecular formula is C19H18F3N3O2. The molecule has 1 heterocycles. The Bertz CT molecular complexity index is 849. The van der Waals surface area contributed by atoms with Gasteiger partial charge in [-0.1, -0.05) is 30.3 Å². The Morgan fingerprint density at radius 2 is 1.67 bits per heavy atom. The lowest BCUT2D eigenvalue weighted by Crippen LogP contribution is -2.37. The zero-order chi connectivity index (χ0) is 19.8. The number of alkyl halides is 3. The summed E-state index contributed by atoms with van der Waals surface area (Å²) in [6.45, 7) is 0. The van der Waals surface area contributed by atoms with Gasteiger partial charge in [0.05, 0.1) is 11.8 Å². The van der Waals surface area contributed by atoms with Crippen LogP contribution in [0.2, 0.25) is 0 Å². The topological polar surface area (TPSA) is 56.1 Å². The summed E-state index contributed by atoms with van der Waals surface area (Å²) in [5, 5.41) is 14.8. The molecule has 0 unspecified atom stereocenters. The van der Waals surface area contributed by atoms with Crippen LogP contribution in [0.4, 0.5) is 24.5 Å². The number of halogens is 3. The predicted molar refractivity (Wildman–Crippen MR) is 96.6 cm³/mol. The van der Waals surface area contributed by atoms with Crippen molar-refractivity contribution in [3.05, 3.63) is 60.2 Å². The van der Waals surface area contributed by atoms with E-state index < -0.39 is 29.8 Å². The fourth-order valence-corrected chi connectivity index (χ4v) is 2.90. The molecule has 27 heavy (non-hydrogen) atoms. The maximum Gasteiger partial charge on any atom is 0.432 e. The second kappa shape index (κ2) is 7.03. The molecule has 142 valence electrons. The van der Waals surface area contributed by atoms with Gasteiger partial charge in [-0.05, 0) is 29.8 Å². The summed E-state index contributed by atoms with van der Waals surface area (Å²) in [4.78, 5) is 14.5. The van der Waals surface area contributed by atoms with Gasteiger partial charge in [-0.3, -0.25) is 4.79 Å². The molecule has 2 aromatic carbocycles. The van der Waals surface area contributed by atoms with Crippen molar-refractivity contribution in [3.63, 3.8) is 0 Å². The van der Waals surface area contributed by atoms with E-state index in [4.69, 9.17) is 0 Å². The highest BCUT2D eigenvalue weighted by atomic mass is 19.4. The molecule has 3 rings (SSSR count). The lowest BCUT2D eigenvalue weighted by Gasteiger charge is -2.21. The van der Waals surface area contributed by atoms with Gasteiger partial charge in [-0.15, -0.1) is 0 Å². The minimum atomic E-state index is -4.84. The standard InChI is InChI=1S/C19H18F3N3O2/c1-24(2)13-10-8-12(9-11-13)16(26)15-17(19(20,21)22)23-25(18(15)27)14-6-4-3-5-7-14/h3-11,15-16,26H,1-2H3/t15-,16+/m1/s1. The molecule has 1 amide bonds. The van der Waals surface area contributed by atoms with E-state index in [1.165, 1.54) is 24.3 Å². The van der Waals surface area contributed by atoms with E-state index in [-0.39, 0.29) is 11.3 Å². The van der Waals surface area contributed by atoms with Crippen molar-refractivity contribution >= 4 is 23.0 Å². The number of hydrazone groups is 1. The summed E-state index contributed by atoms with van der Waals surface area (Å²) in [5.74, 6) is -2.74. The van der Waals surface area contributed by atoms with Gasteiger partial charge in [0.1, 0.15) is 5.92 Å². The van der Waals surface area contributed by atoms with Gasteiger partial charge in [-0.2, -0.15) is 23.3 Å². The fourth-order valence-electron chi connectivity index (χ4n) is 2.90. The highest BCUT2D eigenvalue weighted by molar-refractivity contribution is 6.17. The minimum Gasteiger partial charge on any atom is -0.387 e. The molecule has 5 nitrogen and oxygen atoms in total. The van der Waals surface area contributed by atoms with Crippen LogP contribution < -0.4 is 9.91 Å². The lowest BCUT2D eigenvalue weighted by atomic mass is 9.90. The first kappa shape index (κ1) is 18.9. The Morgan fingerprint density at radius 1 is 1.07 bits per heavy atom. The van der Waals surface area contributed by atoms with E-state index in [1.807, 2.05) is 19.0 Å². The minimum absolute atomic E-state index is 0.210. The number of hydrogen-bond acceptors (Lipinski definition) is 4. The maximum atomic E-state index is 13.5. The number of nitrogens with zero attached hydrogens (tertiary/aromatic N) is 3. The quantitative estimate of drug-likeness (QED) is 0.889. The molecule has 0 aliphatic carbocycles. The average molecular weight is 377 g/mol. The number of hydrogen-bond donors (Lipinski definition) is 1. The van der Waals surface area contributed by atoms with E-state index in [0.29, 0.717) is 5.01 Å². The summed E-state index contributed by atoms with van der Waals surface area (Å²) in [6, 6.07) is 14.2. The second-order valence-corrected chi connectivity index (χ2v) is 6.38. The number of amides is 1. The molecule has 1 N–H and O–H groups in total. The summed E-state index contributed by atoms with van der Waals surface area (Å²) < 4.78 is 40.5. The van der Waals surface area contributed by atoms with Gasteiger partial charge in [0.25, 0.3) is 5.91 Å². The number of para-hydroxylation sites is 1. The molecule has 1 aliphatic rings. The first-order valence-corrected chi connectivity index (χ1v) is 8.20. The molecular weight excluding hydrogens is 359 g/mol. The van der Waals surface area contributed by atoms with Crippen LogP contribution in [-0.4, -0.2) is 37.0 Å². The number of rotatable bonds is 4. The van der Waals surface area contributed by atoms with E-state index in [0.717, 1.165) is 5.69 Å². The molecule has 8 heteroatoms. The smallest absolute Gasteiger partial charge is 0.387 e. The third-order valence-electron chi connectivity index (χ3n) is 4.34. The van der Waals surface area contributed by atoms with Gasteiger partial charge >= 0.3 is 6.18 Å². The van der Waals surface area contributed by atoms with Crippen LogP contribution in [0.5, 0.6) is 0 Å². The number of aliphatic hydroxyl groups is 1. The van der Waals surface area contributed by atoms with Crippen molar-refractivity contribution in [3.8, 4) is 0 Å². The molecule has 0 fully saturated rings. The zero-order valence-electron chi connectivity index (χ0n) is 14.7. The number of anilines is 2. The van der Waals surface area contributed by atoms with Crippen LogP contribution >= 0.6 is 0 Å². The first-order chi connectivity index (χ1) is 12.7. The molecule has 1 aliphatic heterocycles. The second-order valence-electron chi connectivity index (χ2n) is 6.38. The fraction of sp³-hybridized carbons (Fsp3) is 0.263. The monoisotopic (exact) mass is 377 g/mol. The van der Waals surface area contributed by atoms with Crippen molar-refractivity contribution in [1.29, 1.82) is 0 Å². The Morgan fingerprint density at radius 3 is 2.19 bits per heavy atom. The third kappa shape index (κ3) is 3.66. The van der Waals surface area contributed by atoms with Gasteiger partial charge < -0.3 is 10.0 Å². The van der Waals surface area contributed by atoms with Crippen LogP contribution in [0.3, 0.4) is 0 Å². The summed E-state index contributed by atoms with van der Waals surface area (Å²) in [6.07, 6.45) is -6.50. The van der Waals surface area contributed by atoms with Gasteiger partial charge in [0.15, 0.2) is 5.71 Å². The van der Waals surface area contributed by atoms with Crippen molar-refractivity contribution in [2.24, 2.45) is 11.0 Å². The average Bonchev–Trinajstić information content (AvgIpc) is 2.99. The Hall–Kier alpha value is -2.87. The van der Waals surface area contributed by atoms with Crippen molar-refractivity contribution in [2.75, 3.05) is 24.0 Å². The number of benzene rings is 2. The van der Waals surface area contributed by atoms with E-state index >= 15 is 0 Å². The number of carbonyl (C=O) groups excluding carboxylic acids is 1. The molecule has 0 saturated carbocycles.